The van der Waals surface area contributed by atoms with Crippen LogP contribution in [0.15, 0.2) is 53.2 Å². The molecule has 4 aromatic rings. The lowest BCUT2D eigenvalue weighted by Crippen LogP contribution is -2.48. The van der Waals surface area contributed by atoms with Gasteiger partial charge in [0.1, 0.15) is 34.7 Å². The normalized spacial score (nSPS) is 18.2. The second-order valence-corrected chi connectivity index (χ2v) is 10.7. The van der Waals surface area contributed by atoms with Gasteiger partial charge in [0.05, 0.1) is 6.20 Å². The quantitative estimate of drug-likeness (QED) is 0.263. The van der Waals surface area contributed by atoms with Crippen molar-refractivity contribution in [1.29, 1.82) is 0 Å². The number of hydrogen-bond donors (Lipinski definition) is 1. The molecule has 0 aliphatic carbocycles. The van der Waals surface area contributed by atoms with E-state index in [-0.39, 0.29) is 23.7 Å². The van der Waals surface area contributed by atoms with Gasteiger partial charge in [-0.3, -0.25) is 9.58 Å². The third-order valence-electron chi connectivity index (χ3n) is 7.11. The lowest BCUT2D eigenvalue weighted by Gasteiger charge is -2.42. The Balaban J connectivity index is 1.68. The minimum Gasteiger partial charge on any atom is -0.478 e. The first-order valence-electron chi connectivity index (χ1n) is 12.9. The zero-order valence-corrected chi connectivity index (χ0v) is 22.2. The Morgan fingerprint density at radius 3 is 2.54 bits per heavy atom. The molecule has 2 atom stereocenters. The number of aliphatic carboxylic acids is 1. The first-order chi connectivity index (χ1) is 18.4. The molecule has 1 N–H and O–H groups in total. The molecule has 1 aliphatic heterocycles. The highest BCUT2D eigenvalue weighted by Crippen LogP contribution is 2.45. The largest absolute Gasteiger partial charge is 0.478 e. The number of hydrogen-bond acceptors (Lipinski definition) is 4. The van der Waals surface area contributed by atoms with Crippen LogP contribution in [0.1, 0.15) is 56.2 Å². The predicted octanol–water partition coefficient (Wildman–Crippen LogP) is 6.78. The smallest absolute Gasteiger partial charge is 0.328 e. The molecule has 0 radical (unpaired) electrons. The van der Waals surface area contributed by atoms with Crippen molar-refractivity contribution >= 4 is 23.0 Å². The number of carboxylic acids is 1. The molecular formula is C30H30F3N3O3. The SMILES string of the molecule is CCn1cc(-c2ccc3oc4c(c3c2)C[C@@H](C)N(CC(C)(C)F)[C@@H]4c2c(F)cc(/C=C/C(=O)O)cc2F)cn1. The summed E-state index contributed by atoms with van der Waals surface area (Å²) in [5, 5.41) is 14.1. The summed E-state index contributed by atoms with van der Waals surface area (Å²) in [7, 11) is 0. The number of halogens is 3. The van der Waals surface area contributed by atoms with Crippen LogP contribution in [0.3, 0.4) is 0 Å². The average Bonchev–Trinajstić information content (AvgIpc) is 3.48. The van der Waals surface area contributed by atoms with Gasteiger partial charge in [0.2, 0.25) is 0 Å². The number of furan rings is 1. The van der Waals surface area contributed by atoms with Crippen LogP contribution in [-0.2, 0) is 17.8 Å². The van der Waals surface area contributed by atoms with Gasteiger partial charge in [-0.15, -0.1) is 0 Å². The molecule has 0 fully saturated rings. The zero-order chi connectivity index (χ0) is 28.1. The lowest BCUT2D eigenvalue weighted by atomic mass is 9.87. The molecule has 39 heavy (non-hydrogen) atoms. The molecule has 0 spiro atoms. The molecule has 0 amide bonds. The molecule has 6 nitrogen and oxygen atoms in total. The van der Waals surface area contributed by atoms with Crippen LogP contribution in [0.5, 0.6) is 0 Å². The number of carboxylic acid groups (broad SMARTS) is 1. The summed E-state index contributed by atoms with van der Waals surface area (Å²) in [5.41, 5.74) is 1.45. The third kappa shape index (κ3) is 5.23. The molecule has 0 saturated carbocycles. The molecular weight excluding hydrogens is 507 g/mol. The Morgan fingerprint density at radius 1 is 1.21 bits per heavy atom. The van der Waals surface area contributed by atoms with E-state index in [1.54, 1.807) is 11.1 Å². The molecule has 1 aliphatic rings. The van der Waals surface area contributed by atoms with Gasteiger partial charge in [-0.2, -0.15) is 5.10 Å². The van der Waals surface area contributed by atoms with Crippen molar-refractivity contribution in [3.05, 3.63) is 82.9 Å². The van der Waals surface area contributed by atoms with Crippen molar-refractivity contribution < 1.29 is 27.5 Å². The van der Waals surface area contributed by atoms with Crippen molar-refractivity contribution in [2.75, 3.05) is 6.54 Å². The monoisotopic (exact) mass is 537 g/mol. The van der Waals surface area contributed by atoms with E-state index in [4.69, 9.17) is 9.52 Å². The Hall–Kier alpha value is -3.85. The topological polar surface area (TPSA) is 71.5 Å². The number of nitrogens with zero attached hydrogens (tertiary/aromatic N) is 3. The summed E-state index contributed by atoms with van der Waals surface area (Å²) in [6, 6.07) is 6.65. The summed E-state index contributed by atoms with van der Waals surface area (Å²) in [6.45, 7) is 7.45. The molecule has 204 valence electrons. The lowest BCUT2D eigenvalue weighted by molar-refractivity contribution is -0.131. The van der Waals surface area contributed by atoms with Crippen LogP contribution in [0.25, 0.3) is 28.2 Å². The van der Waals surface area contributed by atoms with Gasteiger partial charge in [-0.05, 0) is 75.6 Å². The molecule has 2 aromatic heterocycles. The van der Waals surface area contributed by atoms with Gasteiger partial charge >= 0.3 is 5.97 Å². The van der Waals surface area contributed by atoms with Crippen molar-refractivity contribution in [3.8, 4) is 11.1 Å². The molecule has 3 heterocycles. The fourth-order valence-corrected chi connectivity index (χ4v) is 5.39. The van der Waals surface area contributed by atoms with Gasteiger partial charge in [-0.1, -0.05) is 6.07 Å². The van der Waals surface area contributed by atoms with Crippen molar-refractivity contribution in [1.82, 2.24) is 14.7 Å². The van der Waals surface area contributed by atoms with Gasteiger partial charge in [0.15, 0.2) is 0 Å². The van der Waals surface area contributed by atoms with E-state index in [0.717, 1.165) is 52.9 Å². The van der Waals surface area contributed by atoms with Crippen LogP contribution < -0.4 is 0 Å². The van der Waals surface area contributed by atoms with Gasteiger partial charge in [0, 0.05) is 53.5 Å². The molecule has 0 saturated heterocycles. The number of aryl methyl sites for hydroxylation is 1. The van der Waals surface area contributed by atoms with Gasteiger partial charge in [0.25, 0.3) is 0 Å². The molecule has 0 unspecified atom stereocenters. The number of carbonyl (C=O) groups is 1. The van der Waals surface area contributed by atoms with E-state index in [1.807, 2.05) is 42.9 Å². The van der Waals surface area contributed by atoms with E-state index >= 15 is 8.78 Å². The van der Waals surface area contributed by atoms with Crippen LogP contribution in [-0.4, -0.2) is 44.0 Å². The van der Waals surface area contributed by atoms with Crippen molar-refractivity contribution in [2.24, 2.45) is 0 Å². The summed E-state index contributed by atoms with van der Waals surface area (Å²) in [5.74, 6) is -2.58. The van der Waals surface area contributed by atoms with E-state index < -0.39 is 29.3 Å². The summed E-state index contributed by atoms with van der Waals surface area (Å²) < 4.78 is 54.4. The molecule has 9 heteroatoms. The third-order valence-corrected chi connectivity index (χ3v) is 7.11. The van der Waals surface area contributed by atoms with Gasteiger partial charge < -0.3 is 9.52 Å². The van der Waals surface area contributed by atoms with E-state index in [2.05, 4.69) is 5.10 Å². The Labute approximate surface area is 224 Å². The molecule has 0 bridgehead atoms. The highest BCUT2D eigenvalue weighted by atomic mass is 19.1. The summed E-state index contributed by atoms with van der Waals surface area (Å²) in [4.78, 5) is 12.6. The molecule has 2 aromatic carbocycles. The standard InChI is InChI=1S/C30H30F3N3O3/c1-5-35-15-20(14-34-35)19-7-8-25-21(13-19)22-10-17(2)36(16-30(3,4)33)28(29(22)39-25)27-23(31)11-18(12-24(27)32)6-9-26(37)38/h6-9,11-15,17,28H,5,10,16H2,1-4H3,(H,37,38)/b9-6+/t17-,28-/m1/s1. The van der Waals surface area contributed by atoms with E-state index in [9.17, 15) is 9.18 Å². The second kappa shape index (κ2) is 10.0. The Kier molecular flexibility index (Phi) is 6.88. The summed E-state index contributed by atoms with van der Waals surface area (Å²) >= 11 is 0. The maximum Gasteiger partial charge on any atom is 0.328 e. The van der Waals surface area contributed by atoms with E-state index in [1.165, 1.54) is 13.8 Å². The van der Waals surface area contributed by atoms with Gasteiger partial charge in [-0.25, -0.2) is 18.0 Å². The second-order valence-electron chi connectivity index (χ2n) is 10.7. The fourth-order valence-electron chi connectivity index (χ4n) is 5.39. The van der Waals surface area contributed by atoms with Crippen LogP contribution in [0.2, 0.25) is 0 Å². The minimum absolute atomic E-state index is 0.0690. The maximum absolute atomic E-state index is 15.6. The number of aromatic nitrogens is 2. The highest BCUT2D eigenvalue weighted by Gasteiger charge is 2.42. The minimum atomic E-state index is -1.64. The first kappa shape index (κ1) is 26.7. The Bertz CT molecular complexity index is 1560. The number of rotatable bonds is 7. The number of fused-ring (bicyclic) bond motifs is 3. The highest BCUT2D eigenvalue weighted by molar-refractivity contribution is 5.88. The zero-order valence-electron chi connectivity index (χ0n) is 22.2. The van der Waals surface area contributed by atoms with Crippen LogP contribution in [0.4, 0.5) is 13.2 Å². The first-order valence-corrected chi connectivity index (χ1v) is 12.9. The van der Waals surface area contributed by atoms with Crippen LogP contribution in [0, 0.1) is 11.6 Å². The van der Waals surface area contributed by atoms with E-state index in [0.29, 0.717) is 17.8 Å². The number of alkyl halides is 1. The Morgan fingerprint density at radius 2 is 1.92 bits per heavy atom. The average molecular weight is 538 g/mol. The van der Waals surface area contributed by atoms with Crippen LogP contribution >= 0.6 is 0 Å². The van der Waals surface area contributed by atoms with Crippen molar-refractivity contribution in [2.45, 2.75) is 58.4 Å². The predicted molar refractivity (Wildman–Crippen MR) is 143 cm³/mol. The number of benzene rings is 2. The maximum atomic E-state index is 15.6. The summed E-state index contributed by atoms with van der Waals surface area (Å²) in [6.07, 6.45) is 6.19. The van der Waals surface area contributed by atoms with Crippen molar-refractivity contribution in [3.63, 3.8) is 0 Å². The fraction of sp³-hybridized carbons (Fsp3) is 0.333. The molecule has 5 rings (SSSR count).